The maximum atomic E-state index is 10.9. The summed E-state index contributed by atoms with van der Waals surface area (Å²) in [4.78, 5) is 10.9. The van der Waals surface area contributed by atoms with Gasteiger partial charge in [0.05, 0.1) is 18.7 Å². The highest BCUT2D eigenvalue weighted by molar-refractivity contribution is 5.70. The van der Waals surface area contributed by atoms with Crippen molar-refractivity contribution in [2.24, 2.45) is 5.92 Å². The predicted molar refractivity (Wildman–Crippen MR) is 51.7 cm³/mol. The minimum absolute atomic E-state index is 0.300. The van der Waals surface area contributed by atoms with Gasteiger partial charge in [-0.15, -0.1) is 5.10 Å². The number of hydrogen-bond acceptors (Lipinski definition) is 4. The Bertz CT molecular complexity index is 392. The molecule has 1 heterocycles. The molecular weight excluding hydrogens is 196 g/mol. The van der Waals surface area contributed by atoms with Crippen molar-refractivity contribution >= 4 is 5.97 Å². The summed E-state index contributed by atoms with van der Waals surface area (Å²) in [6.07, 6.45) is 1.85. The van der Waals surface area contributed by atoms with Gasteiger partial charge in [-0.2, -0.15) is 5.10 Å². The van der Waals surface area contributed by atoms with E-state index in [0.717, 1.165) is 11.3 Å². The molecule has 0 unspecified atom stereocenters. The molecule has 1 atom stereocenters. The summed E-state index contributed by atoms with van der Waals surface area (Å²) < 4.78 is 4.95. The van der Waals surface area contributed by atoms with Crippen LogP contribution in [0.5, 0.6) is 5.88 Å². The summed E-state index contributed by atoms with van der Waals surface area (Å²) in [6.45, 7) is 0. The van der Waals surface area contributed by atoms with Crippen molar-refractivity contribution in [1.82, 2.24) is 10.2 Å². The van der Waals surface area contributed by atoms with Crippen LogP contribution in [-0.2, 0) is 17.6 Å². The van der Waals surface area contributed by atoms with E-state index >= 15 is 0 Å². The molecule has 0 bridgehead atoms. The van der Waals surface area contributed by atoms with Crippen LogP contribution in [0.4, 0.5) is 0 Å². The number of ether oxygens (including phenoxy) is 1. The van der Waals surface area contributed by atoms with Crippen molar-refractivity contribution in [3.05, 3.63) is 17.3 Å². The van der Waals surface area contributed by atoms with E-state index in [-0.39, 0.29) is 5.92 Å². The molecule has 0 amide bonds. The number of rotatable bonds is 2. The Hall–Kier alpha value is -1.65. The van der Waals surface area contributed by atoms with E-state index in [1.54, 1.807) is 6.07 Å². The standard InChI is InChI=1S/C10H12N2O3/c1-15-9-5-7-4-6(10(13)14)2-3-8(7)11-12-9/h5-6H,2-4H2,1H3,(H,13,14)/t6-/m1/s1. The highest BCUT2D eigenvalue weighted by Crippen LogP contribution is 2.25. The molecule has 0 fully saturated rings. The highest BCUT2D eigenvalue weighted by Gasteiger charge is 2.25. The summed E-state index contributed by atoms with van der Waals surface area (Å²) in [5.41, 5.74) is 1.84. The Morgan fingerprint density at radius 2 is 2.40 bits per heavy atom. The van der Waals surface area contributed by atoms with Gasteiger partial charge in [0.1, 0.15) is 0 Å². The molecule has 0 aliphatic heterocycles. The number of aromatic nitrogens is 2. The number of carboxylic acid groups (broad SMARTS) is 1. The number of hydrogen-bond donors (Lipinski definition) is 1. The Balaban J connectivity index is 2.27. The molecule has 1 N–H and O–H groups in total. The van der Waals surface area contributed by atoms with Gasteiger partial charge in [-0.3, -0.25) is 4.79 Å². The highest BCUT2D eigenvalue weighted by atomic mass is 16.5. The molecule has 1 aliphatic carbocycles. The summed E-state index contributed by atoms with van der Waals surface area (Å²) in [7, 11) is 1.52. The topological polar surface area (TPSA) is 72.3 Å². The lowest BCUT2D eigenvalue weighted by molar-refractivity contribution is -0.142. The van der Waals surface area contributed by atoms with E-state index in [0.29, 0.717) is 25.1 Å². The van der Waals surface area contributed by atoms with Gasteiger partial charge >= 0.3 is 5.97 Å². The van der Waals surface area contributed by atoms with E-state index in [2.05, 4.69) is 10.2 Å². The maximum absolute atomic E-state index is 10.9. The van der Waals surface area contributed by atoms with Crippen LogP contribution in [0.25, 0.3) is 0 Å². The lowest BCUT2D eigenvalue weighted by atomic mass is 9.87. The fourth-order valence-corrected chi connectivity index (χ4v) is 1.81. The van der Waals surface area contributed by atoms with E-state index < -0.39 is 5.97 Å². The van der Waals surface area contributed by atoms with Gasteiger partial charge in [0.2, 0.25) is 5.88 Å². The van der Waals surface area contributed by atoms with Crippen LogP contribution in [0.3, 0.4) is 0 Å². The third-order valence-corrected chi connectivity index (χ3v) is 2.69. The Morgan fingerprint density at radius 3 is 3.07 bits per heavy atom. The van der Waals surface area contributed by atoms with Crippen LogP contribution < -0.4 is 4.74 Å². The van der Waals surface area contributed by atoms with Gasteiger partial charge in [-0.25, -0.2) is 0 Å². The molecule has 0 saturated heterocycles. The zero-order valence-electron chi connectivity index (χ0n) is 8.43. The summed E-state index contributed by atoms with van der Waals surface area (Å²) in [5, 5.41) is 16.8. The number of aliphatic carboxylic acids is 1. The second-order valence-electron chi connectivity index (χ2n) is 3.64. The Morgan fingerprint density at radius 1 is 1.60 bits per heavy atom. The molecule has 0 aromatic carbocycles. The molecule has 2 rings (SSSR count). The fraction of sp³-hybridized carbons (Fsp3) is 0.500. The van der Waals surface area contributed by atoms with Crippen molar-refractivity contribution < 1.29 is 14.6 Å². The molecule has 1 aromatic heterocycles. The largest absolute Gasteiger partial charge is 0.481 e. The summed E-state index contributed by atoms with van der Waals surface area (Å²) >= 11 is 0. The first-order valence-corrected chi connectivity index (χ1v) is 4.83. The van der Waals surface area contributed by atoms with Gasteiger partial charge in [-0.1, -0.05) is 0 Å². The smallest absolute Gasteiger partial charge is 0.306 e. The molecular formula is C10H12N2O3. The lowest BCUT2D eigenvalue weighted by Crippen LogP contribution is -2.23. The molecule has 15 heavy (non-hydrogen) atoms. The number of carboxylic acids is 1. The lowest BCUT2D eigenvalue weighted by Gasteiger charge is -2.20. The van der Waals surface area contributed by atoms with Crippen molar-refractivity contribution in [1.29, 1.82) is 0 Å². The first kappa shape index (κ1) is 9.89. The molecule has 1 aliphatic rings. The maximum Gasteiger partial charge on any atom is 0.306 e. The second-order valence-corrected chi connectivity index (χ2v) is 3.64. The number of aryl methyl sites for hydroxylation is 1. The third kappa shape index (κ3) is 1.91. The molecule has 5 heteroatoms. The van der Waals surface area contributed by atoms with Crippen molar-refractivity contribution in [2.75, 3.05) is 7.11 Å². The van der Waals surface area contributed by atoms with Gasteiger partial charge in [0.25, 0.3) is 0 Å². The molecule has 0 spiro atoms. The zero-order chi connectivity index (χ0) is 10.8. The van der Waals surface area contributed by atoms with Gasteiger partial charge in [0.15, 0.2) is 0 Å². The van der Waals surface area contributed by atoms with Crippen LogP contribution in [0.15, 0.2) is 6.07 Å². The Labute approximate surface area is 87.1 Å². The van der Waals surface area contributed by atoms with Gasteiger partial charge < -0.3 is 9.84 Å². The molecule has 5 nitrogen and oxygen atoms in total. The molecule has 80 valence electrons. The third-order valence-electron chi connectivity index (χ3n) is 2.69. The molecule has 1 aromatic rings. The average molecular weight is 208 g/mol. The van der Waals surface area contributed by atoms with Crippen molar-refractivity contribution in [3.63, 3.8) is 0 Å². The quantitative estimate of drug-likeness (QED) is 0.773. The first-order chi connectivity index (χ1) is 7.20. The van der Waals surface area contributed by atoms with Crippen LogP contribution >= 0.6 is 0 Å². The fourth-order valence-electron chi connectivity index (χ4n) is 1.81. The number of methoxy groups -OCH3 is 1. The first-order valence-electron chi connectivity index (χ1n) is 4.83. The zero-order valence-corrected chi connectivity index (χ0v) is 8.43. The minimum atomic E-state index is -0.739. The van der Waals surface area contributed by atoms with Crippen LogP contribution in [0.2, 0.25) is 0 Å². The average Bonchev–Trinajstić information content (AvgIpc) is 2.27. The van der Waals surface area contributed by atoms with E-state index in [9.17, 15) is 4.79 Å². The van der Waals surface area contributed by atoms with Crippen LogP contribution in [0, 0.1) is 5.92 Å². The minimum Gasteiger partial charge on any atom is -0.481 e. The van der Waals surface area contributed by atoms with E-state index in [1.807, 2.05) is 0 Å². The van der Waals surface area contributed by atoms with Crippen molar-refractivity contribution in [2.45, 2.75) is 19.3 Å². The monoisotopic (exact) mass is 208 g/mol. The summed E-state index contributed by atoms with van der Waals surface area (Å²) in [5.74, 6) is -0.595. The second kappa shape index (κ2) is 3.84. The molecule has 0 saturated carbocycles. The molecule has 0 radical (unpaired) electrons. The number of fused-ring (bicyclic) bond motifs is 1. The van der Waals surface area contributed by atoms with Gasteiger partial charge in [0, 0.05) is 6.07 Å². The van der Waals surface area contributed by atoms with E-state index in [1.165, 1.54) is 7.11 Å². The predicted octanol–water partition coefficient (Wildman–Crippen LogP) is 0.675. The normalized spacial score (nSPS) is 19.4. The number of carbonyl (C=O) groups is 1. The SMILES string of the molecule is COc1cc2c(nn1)CC[C@@H](C(=O)O)C2. The van der Waals surface area contributed by atoms with Crippen molar-refractivity contribution in [3.8, 4) is 5.88 Å². The summed E-state index contributed by atoms with van der Waals surface area (Å²) in [6, 6.07) is 1.78. The van der Waals surface area contributed by atoms with Crippen LogP contribution in [-0.4, -0.2) is 28.4 Å². The number of nitrogens with zero attached hydrogens (tertiary/aromatic N) is 2. The van der Waals surface area contributed by atoms with Crippen LogP contribution in [0.1, 0.15) is 17.7 Å². The van der Waals surface area contributed by atoms with E-state index in [4.69, 9.17) is 9.84 Å². The van der Waals surface area contributed by atoms with Gasteiger partial charge in [-0.05, 0) is 24.8 Å². The Kier molecular flexibility index (Phi) is 2.53.